The first-order chi connectivity index (χ1) is 10.1. The number of hydrogen-bond donors (Lipinski definition) is 1. The largest absolute Gasteiger partial charge is 0.484 e. The second-order valence-electron chi connectivity index (χ2n) is 4.06. The number of halogens is 2. The monoisotopic (exact) mass is 366 g/mol. The van der Waals surface area contributed by atoms with Gasteiger partial charge in [-0.15, -0.1) is 0 Å². The molecule has 21 heavy (non-hydrogen) atoms. The third-order valence-corrected chi connectivity index (χ3v) is 3.46. The molecule has 0 heterocycles. The summed E-state index contributed by atoms with van der Waals surface area (Å²) in [6.45, 7) is -0.116. The third-order valence-electron chi connectivity index (χ3n) is 2.48. The van der Waals surface area contributed by atoms with Gasteiger partial charge in [-0.05, 0) is 30.3 Å². The summed E-state index contributed by atoms with van der Waals surface area (Å²) in [6, 6.07) is 14.3. The molecule has 108 valence electrons. The van der Waals surface area contributed by atoms with Crippen molar-refractivity contribution in [3.05, 3.63) is 63.6 Å². The average Bonchev–Trinajstić information content (AvgIpc) is 2.49. The van der Waals surface area contributed by atoms with Crippen LogP contribution in [-0.2, 0) is 4.79 Å². The molecule has 0 bridgehead atoms. The molecule has 0 fully saturated rings. The van der Waals surface area contributed by atoms with Crippen LogP contribution in [0.25, 0.3) is 0 Å². The lowest BCUT2D eigenvalue weighted by atomic mass is 10.2. The molecule has 2 aromatic carbocycles. The van der Waals surface area contributed by atoms with Crippen molar-refractivity contribution in [3.63, 3.8) is 0 Å². The molecule has 0 saturated heterocycles. The summed E-state index contributed by atoms with van der Waals surface area (Å²) in [4.78, 5) is 11.6. The van der Waals surface area contributed by atoms with Gasteiger partial charge in [-0.3, -0.25) is 4.79 Å². The average molecular weight is 368 g/mol. The number of hydrazone groups is 1. The zero-order valence-corrected chi connectivity index (χ0v) is 13.3. The molecule has 4 nitrogen and oxygen atoms in total. The highest BCUT2D eigenvalue weighted by molar-refractivity contribution is 9.10. The van der Waals surface area contributed by atoms with Gasteiger partial charge in [0, 0.05) is 15.1 Å². The molecule has 2 aromatic rings. The summed E-state index contributed by atoms with van der Waals surface area (Å²) >= 11 is 9.15. The van der Waals surface area contributed by atoms with Crippen LogP contribution >= 0.6 is 27.5 Å². The molecule has 0 atom stereocenters. The van der Waals surface area contributed by atoms with Gasteiger partial charge < -0.3 is 4.74 Å². The molecular weight excluding hydrogens is 356 g/mol. The zero-order valence-electron chi connectivity index (χ0n) is 10.9. The quantitative estimate of drug-likeness (QED) is 0.648. The molecule has 0 aromatic heterocycles. The number of benzene rings is 2. The van der Waals surface area contributed by atoms with E-state index in [1.54, 1.807) is 30.5 Å². The van der Waals surface area contributed by atoms with Crippen molar-refractivity contribution in [3.8, 4) is 5.75 Å². The number of nitrogens with one attached hydrogen (secondary N) is 1. The Morgan fingerprint density at radius 3 is 2.67 bits per heavy atom. The Hall–Kier alpha value is -1.85. The predicted molar refractivity (Wildman–Crippen MR) is 86.8 cm³/mol. The first kappa shape index (κ1) is 15.5. The first-order valence-corrected chi connectivity index (χ1v) is 7.27. The van der Waals surface area contributed by atoms with Gasteiger partial charge >= 0.3 is 0 Å². The van der Waals surface area contributed by atoms with Gasteiger partial charge in [-0.25, -0.2) is 5.43 Å². The van der Waals surface area contributed by atoms with Gasteiger partial charge in [-0.2, -0.15) is 5.10 Å². The Morgan fingerprint density at radius 1 is 1.24 bits per heavy atom. The highest BCUT2D eigenvalue weighted by Crippen LogP contribution is 2.15. The van der Waals surface area contributed by atoms with Crippen molar-refractivity contribution in [2.24, 2.45) is 5.10 Å². The molecule has 0 radical (unpaired) electrons. The van der Waals surface area contributed by atoms with Crippen LogP contribution in [0.4, 0.5) is 0 Å². The molecule has 0 unspecified atom stereocenters. The second kappa shape index (κ2) is 7.81. The molecule has 1 amide bonds. The summed E-state index contributed by atoms with van der Waals surface area (Å²) in [6.07, 6.45) is 1.56. The Morgan fingerprint density at radius 2 is 1.95 bits per heavy atom. The van der Waals surface area contributed by atoms with E-state index in [0.717, 1.165) is 10.0 Å². The molecule has 6 heteroatoms. The summed E-state index contributed by atoms with van der Waals surface area (Å²) in [5.41, 5.74) is 3.27. The van der Waals surface area contributed by atoms with Gasteiger partial charge in [0.05, 0.1) is 6.21 Å². The van der Waals surface area contributed by atoms with E-state index in [1.165, 1.54) is 0 Å². The number of rotatable bonds is 5. The standard InChI is InChI=1S/C15H12BrClN2O2/c16-14-4-2-1-3-11(14)9-18-19-15(20)10-21-13-7-5-12(17)6-8-13/h1-9H,10H2,(H,19,20)/b18-9+. The minimum absolute atomic E-state index is 0.116. The van der Waals surface area contributed by atoms with Gasteiger partial charge in [0.2, 0.25) is 0 Å². The van der Waals surface area contributed by atoms with E-state index in [9.17, 15) is 4.79 Å². The van der Waals surface area contributed by atoms with E-state index < -0.39 is 0 Å². The van der Waals surface area contributed by atoms with Crippen molar-refractivity contribution in [1.29, 1.82) is 0 Å². The van der Waals surface area contributed by atoms with Gasteiger partial charge in [0.15, 0.2) is 6.61 Å². The van der Waals surface area contributed by atoms with Crippen molar-refractivity contribution in [2.45, 2.75) is 0 Å². The lowest BCUT2D eigenvalue weighted by molar-refractivity contribution is -0.123. The summed E-state index contributed by atoms with van der Waals surface area (Å²) < 4.78 is 6.20. The van der Waals surface area contributed by atoms with Crippen LogP contribution in [0.5, 0.6) is 5.75 Å². The Kier molecular flexibility index (Phi) is 5.78. The Labute approximate surface area is 135 Å². The van der Waals surface area contributed by atoms with E-state index in [4.69, 9.17) is 16.3 Å². The molecular formula is C15H12BrClN2O2. The van der Waals surface area contributed by atoms with E-state index >= 15 is 0 Å². The van der Waals surface area contributed by atoms with Crippen LogP contribution in [0.15, 0.2) is 58.1 Å². The minimum atomic E-state index is -0.340. The molecule has 0 saturated carbocycles. The fourth-order valence-electron chi connectivity index (χ4n) is 1.47. The first-order valence-electron chi connectivity index (χ1n) is 6.10. The fraction of sp³-hybridized carbons (Fsp3) is 0.0667. The molecule has 0 aliphatic rings. The van der Waals surface area contributed by atoms with Gasteiger partial charge in [-0.1, -0.05) is 45.7 Å². The highest BCUT2D eigenvalue weighted by Gasteiger charge is 2.01. The topological polar surface area (TPSA) is 50.7 Å². The number of carbonyl (C=O) groups is 1. The maximum atomic E-state index is 11.6. The maximum absolute atomic E-state index is 11.6. The SMILES string of the molecule is O=C(COc1ccc(Cl)cc1)N/N=C/c1ccccc1Br. The van der Waals surface area contributed by atoms with Crippen LogP contribution < -0.4 is 10.2 Å². The molecule has 2 rings (SSSR count). The maximum Gasteiger partial charge on any atom is 0.277 e. The number of carbonyl (C=O) groups excluding carboxylic acids is 1. The van der Waals surface area contributed by atoms with Crippen LogP contribution in [0.2, 0.25) is 5.02 Å². The van der Waals surface area contributed by atoms with Crippen LogP contribution in [0.1, 0.15) is 5.56 Å². The van der Waals surface area contributed by atoms with E-state index in [-0.39, 0.29) is 12.5 Å². The highest BCUT2D eigenvalue weighted by atomic mass is 79.9. The van der Waals surface area contributed by atoms with Crippen molar-refractivity contribution in [1.82, 2.24) is 5.43 Å². The van der Waals surface area contributed by atoms with E-state index in [2.05, 4.69) is 26.5 Å². The third kappa shape index (κ3) is 5.21. The number of hydrogen-bond acceptors (Lipinski definition) is 3. The summed E-state index contributed by atoms with van der Waals surface area (Å²) in [7, 11) is 0. The number of ether oxygens (including phenoxy) is 1. The predicted octanol–water partition coefficient (Wildman–Crippen LogP) is 3.63. The van der Waals surface area contributed by atoms with Crippen molar-refractivity contribution in [2.75, 3.05) is 6.61 Å². The molecule has 0 aliphatic heterocycles. The molecule has 0 aliphatic carbocycles. The van der Waals surface area contributed by atoms with Gasteiger partial charge in [0.1, 0.15) is 5.75 Å². The van der Waals surface area contributed by atoms with Crippen LogP contribution in [0, 0.1) is 0 Å². The van der Waals surface area contributed by atoms with E-state index in [1.807, 2.05) is 24.3 Å². The minimum Gasteiger partial charge on any atom is -0.484 e. The molecule has 1 N–H and O–H groups in total. The Balaban J connectivity index is 1.80. The number of nitrogens with zero attached hydrogens (tertiary/aromatic N) is 1. The van der Waals surface area contributed by atoms with Crippen molar-refractivity contribution < 1.29 is 9.53 Å². The summed E-state index contributed by atoms with van der Waals surface area (Å²) in [5, 5.41) is 4.49. The summed E-state index contributed by atoms with van der Waals surface area (Å²) in [5.74, 6) is 0.234. The van der Waals surface area contributed by atoms with E-state index in [0.29, 0.717) is 10.8 Å². The van der Waals surface area contributed by atoms with Gasteiger partial charge in [0.25, 0.3) is 5.91 Å². The number of amides is 1. The molecule has 0 spiro atoms. The Bertz CT molecular complexity index is 644. The normalized spacial score (nSPS) is 10.6. The lowest BCUT2D eigenvalue weighted by Gasteiger charge is -2.04. The van der Waals surface area contributed by atoms with Crippen LogP contribution in [-0.4, -0.2) is 18.7 Å². The smallest absolute Gasteiger partial charge is 0.277 e. The second-order valence-corrected chi connectivity index (χ2v) is 5.35. The van der Waals surface area contributed by atoms with Crippen molar-refractivity contribution >= 4 is 39.7 Å². The zero-order chi connectivity index (χ0) is 15.1. The fourth-order valence-corrected chi connectivity index (χ4v) is 1.98. The van der Waals surface area contributed by atoms with Crippen LogP contribution in [0.3, 0.4) is 0 Å². The lowest BCUT2D eigenvalue weighted by Crippen LogP contribution is -2.24.